The van der Waals surface area contributed by atoms with Gasteiger partial charge in [-0.3, -0.25) is 4.99 Å². The van der Waals surface area contributed by atoms with Crippen LogP contribution in [0.5, 0.6) is 0 Å². The Morgan fingerprint density at radius 2 is 1.61 bits per heavy atom. The zero-order valence-electron chi connectivity index (χ0n) is 9.95. The van der Waals surface area contributed by atoms with Crippen LogP contribution in [0.25, 0.3) is 11.6 Å². The molecule has 2 aromatic rings. The summed E-state index contributed by atoms with van der Waals surface area (Å²) in [4.78, 5) is 4.38. The number of benzene rings is 2. The number of aliphatic imine (C=N–C) groups is 1. The summed E-state index contributed by atoms with van der Waals surface area (Å²) >= 11 is 0. The van der Waals surface area contributed by atoms with E-state index in [4.69, 9.17) is 0 Å². The molecule has 0 saturated heterocycles. The van der Waals surface area contributed by atoms with Gasteiger partial charge < -0.3 is 0 Å². The molecule has 0 amide bonds. The molecule has 1 heteroatoms. The summed E-state index contributed by atoms with van der Waals surface area (Å²) < 4.78 is 0. The van der Waals surface area contributed by atoms with Crippen molar-refractivity contribution in [1.29, 1.82) is 0 Å². The van der Waals surface area contributed by atoms with Gasteiger partial charge in [-0.25, -0.2) is 0 Å². The third-order valence-corrected chi connectivity index (χ3v) is 2.92. The van der Waals surface area contributed by atoms with Crippen LogP contribution in [0, 0.1) is 0 Å². The Labute approximate surface area is 107 Å². The third kappa shape index (κ3) is 2.16. The van der Waals surface area contributed by atoms with E-state index in [9.17, 15) is 0 Å². The molecule has 0 spiro atoms. The van der Waals surface area contributed by atoms with Gasteiger partial charge in [-0.15, -0.1) is 0 Å². The second-order valence-corrected chi connectivity index (χ2v) is 4.17. The van der Waals surface area contributed by atoms with E-state index in [0.717, 1.165) is 11.3 Å². The van der Waals surface area contributed by atoms with E-state index in [0.29, 0.717) is 0 Å². The second kappa shape index (κ2) is 4.84. The molecule has 0 fully saturated rings. The van der Waals surface area contributed by atoms with Crippen molar-refractivity contribution >= 4 is 23.6 Å². The molecule has 0 radical (unpaired) electrons. The van der Waals surface area contributed by atoms with Crippen molar-refractivity contribution in [2.75, 3.05) is 0 Å². The second-order valence-electron chi connectivity index (χ2n) is 4.17. The largest absolute Gasteiger partial charge is 0.256 e. The van der Waals surface area contributed by atoms with E-state index < -0.39 is 0 Å². The Bertz CT molecular complexity index is 634. The number of nitrogens with zero attached hydrogens (tertiary/aromatic N) is 1. The average Bonchev–Trinajstić information content (AvgIpc) is 2.84. The molecule has 1 aliphatic heterocycles. The van der Waals surface area contributed by atoms with E-state index in [1.165, 1.54) is 11.1 Å². The van der Waals surface area contributed by atoms with E-state index in [2.05, 4.69) is 41.4 Å². The van der Waals surface area contributed by atoms with Gasteiger partial charge in [0.1, 0.15) is 0 Å². The molecule has 1 aliphatic rings. The minimum Gasteiger partial charge on any atom is -0.256 e. The Morgan fingerprint density at radius 1 is 0.833 bits per heavy atom. The Morgan fingerprint density at radius 3 is 2.50 bits per heavy atom. The van der Waals surface area contributed by atoms with Crippen molar-refractivity contribution in [2.45, 2.75) is 0 Å². The number of hydrogen-bond donors (Lipinski definition) is 0. The first-order valence-corrected chi connectivity index (χ1v) is 6.00. The van der Waals surface area contributed by atoms with E-state index in [-0.39, 0.29) is 0 Å². The first kappa shape index (κ1) is 10.7. The summed E-state index contributed by atoms with van der Waals surface area (Å²) in [5.41, 5.74) is 4.63. The highest BCUT2D eigenvalue weighted by Gasteiger charge is 2.08. The summed E-state index contributed by atoms with van der Waals surface area (Å²) in [6.45, 7) is 0. The fourth-order valence-electron chi connectivity index (χ4n) is 2.00. The lowest BCUT2D eigenvalue weighted by atomic mass is 10.1. The highest BCUT2D eigenvalue weighted by molar-refractivity contribution is 6.16. The van der Waals surface area contributed by atoms with Crippen LogP contribution in [-0.4, -0.2) is 6.21 Å². The molecule has 0 unspecified atom stereocenters. The Balaban J connectivity index is 1.84. The van der Waals surface area contributed by atoms with E-state index in [1.807, 2.05) is 42.6 Å². The van der Waals surface area contributed by atoms with Gasteiger partial charge in [-0.05, 0) is 11.6 Å². The molecule has 0 atom stereocenters. The molecule has 0 saturated carbocycles. The number of rotatable bonds is 2. The molecule has 1 heterocycles. The molecular weight excluding hydrogens is 218 g/mol. The smallest absolute Gasteiger partial charge is 0.0708 e. The SMILES string of the molecule is C1=Nc2ccccc2/C1=C\C=C/c1ccccc1. The topological polar surface area (TPSA) is 12.4 Å². The van der Waals surface area contributed by atoms with Gasteiger partial charge >= 0.3 is 0 Å². The normalized spacial score (nSPS) is 15.4. The highest BCUT2D eigenvalue weighted by Crippen LogP contribution is 2.30. The van der Waals surface area contributed by atoms with Crippen molar-refractivity contribution in [3.05, 3.63) is 77.9 Å². The van der Waals surface area contributed by atoms with Gasteiger partial charge in [-0.2, -0.15) is 0 Å². The van der Waals surface area contributed by atoms with Crippen LogP contribution in [0.3, 0.4) is 0 Å². The average molecular weight is 231 g/mol. The molecule has 3 rings (SSSR count). The number of hydrogen-bond acceptors (Lipinski definition) is 1. The maximum Gasteiger partial charge on any atom is 0.0708 e. The molecule has 2 aromatic carbocycles. The van der Waals surface area contributed by atoms with Crippen molar-refractivity contribution in [3.63, 3.8) is 0 Å². The summed E-state index contributed by atoms with van der Waals surface area (Å²) in [6, 6.07) is 18.5. The summed E-state index contributed by atoms with van der Waals surface area (Å²) in [5.74, 6) is 0. The van der Waals surface area contributed by atoms with Crippen LogP contribution in [0.4, 0.5) is 5.69 Å². The van der Waals surface area contributed by atoms with Crippen LogP contribution in [0.15, 0.2) is 71.7 Å². The quantitative estimate of drug-likeness (QED) is 0.721. The fraction of sp³-hybridized carbons (Fsp3) is 0. The first-order chi connectivity index (χ1) is 8.93. The predicted molar refractivity (Wildman–Crippen MR) is 78.0 cm³/mol. The summed E-state index contributed by atoms with van der Waals surface area (Å²) in [5, 5.41) is 0. The molecule has 1 nitrogen and oxygen atoms in total. The standard InChI is InChI=1S/C17H13N/c1-2-7-14(8-3-1)9-6-10-15-13-18-17-12-5-4-11-16(15)17/h1-13H/b9-6-,15-10-. The maximum atomic E-state index is 4.38. The Kier molecular flexibility index (Phi) is 2.89. The van der Waals surface area contributed by atoms with Crippen LogP contribution < -0.4 is 0 Å². The van der Waals surface area contributed by atoms with Gasteiger partial charge in [0.05, 0.1) is 5.69 Å². The fourth-order valence-corrected chi connectivity index (χ4v) is 2.00. The summed E-state index contributed by atoms with van der Waals surface area (Å²) in [7, 11) is 0. The van der Waals surface area contributed by atoms with Crippen LogP contribution >= 0.6 is 0 Å². The third-order valence-electron chi connectivity index (χ3n) is 2.92. The van der Waals surface area contributed by atoms with Gasteiger partial charge in [-0.1, -0.05) is 66.8 Å². The minimum atomic E-state index is 1.05. The lowest BCUT2D eigenvalue weighted by molar-refractivity contribution is 1.55. The van der Waals surface area contributed by atoms with Crippen LogP contribution in [0.2, 0.25) is 0 Å². The van der Waals surface area contributed by atoms with Gasteiger partial charge in [0.25, 0.3) is 0 Å². The van der Waals surface area contributed by atoms with Crippen molar-refractivity contribution < 1.29 is 0 Å². The first-order valence-electron chi connectivity index (χ1n) is 6.00. The van der Waals surface area contributed by atoms with Gasteiger partial charge in [0.15, 0.2) is 0 Å². The molecule has 18 heavy (non-hydrogen) atoms. The molecular formula is C17H13N. The van der Waals surface area contributed by atoms with E-state index >= 15 is 0 Å². The molecule has 0 bridgehead atoms. The number of fused-ring (bicyclic) bond motifs is 1. The number of allylic oxidation sites excluding steroid dienone is 3. The van der Waals surface area contributed by atoms with Gasteiger partial charge in [0, 0.05) is 17.4 Å². The number of para-hydroxylation sites is 1. The molecule has 0 aliphatic carbocycles. The van der Waals surface area contributed by atoms with Crippen molar-refractivity contribution in [2.24, 2.45) is 4.99 Å². The molecule has 0 aromatic heterocycles. The van der Waals surface area contributed by atoms with Crippen molar-refractivity contribution in [1.82, 2.24) is 0 Å². The predicted octanol–water partition coefficient (Wildman–Crippen LogP) is 4.50. The lowest BCUT2D eigenvalue weighted by Crippen LogP contribution is -1.77. The van der Waals surface area contributed by atoms with Crippen LogP contribution in [0.1, 0.15) is 11.1 Å². The molecule has 86 valence electrons. The zero-order chi connectivity index (χ0) is 12.2. The molecule has 0 N–H and O–H groups in total. The monoisotopic (exact) mass is 231 g/mol. The van der Waals surface area contributed by atoms with Crippen molar-refractivity contribution in [3.8, 4) is 0 Å². The summed E-state index contributed by atoms with van der Waals surface area (Å²) in [6.07, 6.45) is 8.18. The minimum absolute atomic E-state index is 1.05. The van der Waals surface area contributed by atoms with Crippen LogP contribution in [-0.2, 0) is 0 Å². The zero-order valence-corrected chi connectivity index (χ0v) is 9.95. The Hall–Kier alpha value is -2.41. The van der Waals surface area contributed by atoms with E-state index in [1.54, 1.807) is 0 Å². The lowest BCUT2D eigenvalue weighted by Gasteiger charge is -1.96. The highest BCUT2D eigenvalue weighted by atomic mass is 14.7. The van der Waals surface area contributed by atoms with Gasteiger partial charge in [0.2, 0.25) is 0 Å². The maximum absolute atomic E-state index is 4.38.